The zero-order chi connectivity index (χ0) is 25.7. The van der Waals surface area contributed by atoms with Gasteiger partial charge in [-0.05, 0) is 112 Å². The lowest BCUT2D eigenvalue weighted by molar-refractivity contribution is -0.0225. The third-order valence-corrected chi connectivity index (χ3v) is 11.7. The van der Waals surface area contributed by atoms with Crippen molar-refractivity contribution in [1.82, 2.24) is 0 Å². The maximum Gasteiger partial charge on any atom is 0.0840 e. The molecule has 3 unspecified atom stereocenters. The Morgan fingerprint density at radius 3 is 2.47 bits per heavy atom. The Labute approximate surface area is 222 Å². The molecule has 5 rings (SSSR count). The van der Waals surface area contributed by atoms with Gasteiger partial charge >= 0.3 is 0 Å². The standard InChI is InChI=1S/C32H46O3S/c1-21(20-36-25-9-5-8-24(19-25)30(2,3)35)26-12-13-27-23(7-6-14-31(26,27)4)11-10-22-17-28(33)32(15-16-32)29(34)18-22/h5,8-11,19,21,26-29,33-35H,6-7,12-18,20H2,1-4H3/b23-11+/t21-,26?,27?,28+,29+,31?/m0/s1. The molecule has 4 aliphatic rings. The molecule has 6 atom stereocenters. The zero-order valence-corrected chi connectivity index (χ0v) is 23.5. The zero-order valence-electron chi connectivity index (χ0n) is 22.7. The van der Waals surface area contributed by atoms with Crippen LogP contribution in [0.1, 0.15) is 91.0 Å². The lowest BCUT2D eigenvalue weighted by atomic mass is 9.61. The van der Waals surface area contributed by atoms with Gasteiger partial charge in [0, 0.05) is 16.1 Å². The molecule has 36 heavy (non-hydrogen) atoms. The number of aliphatic hydroxyl groups excluding tert-OH is 2. The predicted octanol–water partition coefficient (Wildman–Crippen LogP) is 7.01. The maximum atomic E-state index is 10.6. The van der Waals surface area contributed by atoms with Crippen LogP contribution >= 0.6 is 11.8 Å². The van der Waals surface area contributed by atoms with Gasteiger partial charge in [-0.3, -0.25) is 0 Å². The van der Waals surface area contributed by atoms with Gasteiger partial charge in [-0.25, -0.2) is 0 Å². The van der Waals surface area contributed by atoms with Gasteiger partial charge in [0.15, 0.2) is 0 Å². The van der Waals surface area contributed by atoms with E-state index in [9.17, 15) is 15.3 Å². The molecule has 1 spiro atoms. The van der Waals surface area contributed by atoms with Crippen LogP contribution in [-0.2, 0) is 5.60 Å². The molecule has 0 heterocycles. The average Bonchev–Trinajstić information content (AvgIpc) is 3.56. The summed E-state index contributed by atoms with van der Waals surface area (Å²) < 4.78 is 0. The molecule has 0 radical (unpaired) electrons. The summed E-state index contributed by atoms with van der Waals surface area (Å²) in [6.45, 7) is 8.70. The first-order valence-corrected chi connectivity index (χ1v) is 15.2. The summed E-state index contributed by atoms with van der Waals surface area (Å²) in [5, 5.41) is 31.6. The van der Waals surface area contributed by atoms with Crippen LogP contribution in [-0.4, -0.2) is 33.3 Å². The minimum absolute atomic E-state index is 0.184. The van der Waals surface area contributed by atoms with E-state index < -0.39 is 5.60 Å². The fraction of sp³-hybridized carbons (Fsp3) is 0.688. The van der Waals surface area contributed by atoms with Gasteiger partial charge in [0.1, 0.15) is 0 Å². The SMILES string of the molecule is C[C@@H](CSc1cccc(C(C)(C)O)c1)C1CCC2/C(=C/C=C3C[C@@H](O)C4(CC4)[C@H](O)C3)CCCC21C. The van der Waals surface area contributed by atoms with Gasteiger partial charge in [0.25, 0.3) is 0 Å². The minimum Gasteiger partial charge on any atom is -0.392 e. The topological polar surface area (TPSA) is 60.7 Å². The largest absolute Gasteiger partial charge is 0.392 e. The monoisotopic (exact) mass is 510 g/mol. The Hall–Kier alpha value is -1.07. The smallest absolute Gasteiger partial charge is 0.0840 e. The molecule has 1 aromatic rings. The van der Waals surface area contributed by atoms with Crippen molar-refractivity contribution in [3.8, 4) is 0 Å². The molecule has 198 valence electrons. The van der Waals surface area contributed by atoms with Gasteiger partial charge < -0.3 is 15.3 Å². The third kappa shape index (κ3) is 5.00. The summed E-state index contributed by atoms with van der Waals surface area (Å²) in [4.78, 5) is 1.25. The lowest BCUT2D eigenvalue weighted by Crippen LogP contribution is -2.38. The Bertz CT molecular complexity index is 1000. The highest BCUT2D eigenvalue weighted by Gasteiger charge is 2.56. The molecule has 0 saturated heterocycles. The van der Waals surface area contributed by atoms with Gasteiger partial charge in [-0.15, -0.1) is 11.8 Å². The summed E-state index contributed by atoms with van der Waals surface area (Å²) in [5.41, 5.74) is 3.18. The molecule has 0 amide bonds. The van der Waals surface area contributed by atoms with Crippen LogP contribution in [0, 0.1) is 28.6 Å². The van der Waals surface area contributed by atoms with Crippen molar-refractivity contribution in [3.05, 3.63) is 53.1 Å². The van der Waals surface area contributed by atoms with E-state index >= 15 is 0 Å². The minimum atomic E-state index is -0.804. The van der Waals surface area contributed by atoms with Crippen LogP contribution in [0.4, 0.5) is 0 Å². The van der Waals surface area contributed by atoms with Crippen molar-refractivity contribution in [2.24, 2.45) is 28.6 Å². The molecule has 4 heteroatoms. The quantitative estimate of drug-likeness (QED) is 0.360. The summed E-state index contributed by atoms with van der Waals surface area (Å²) in [6, 6.07) is 8.40. The first-order valence-electron chi connectivity index (χ1n) is 14.2. The molecular formula is C32H46O3S. The van der Waals surface area contributed by atoms with Crippen LogP contribution in [0.5, 0.6) is 0 Å². The van der Waals surface area contributed by atoms with E-state index in [-0.39, 0.29) is 17.6 Å². The summed E-state index contributed by atoms with van der Waals surface area (Å²) in [7, 11) is 0. The van der Waals surface area contributed by atoms with E-state index in [1.807, 2.05) is 31.7 Å². The van der Waals surface area contributed by atoms with E-state index in [1.165, 1.54) is 42.6 Å². The molecule has 4 aliphatic carbocycles. The molecule has 0 aliphatic heterocycles. The van der Waals surface area contributed by atoms with Gasteiger partial charge in [0.05, 0.1) is 17.8 Å². The van der Waals surface area contributed by atoms with E-state index in [0.29, 0.717) is 17.3 Å². The van der Waals surface area contributed by atoms with Crippen LogP contribution in [0.25, 0.3) is 0 Å². The van der Waals surface area contributed by atoms with E-state index in [1.54, 1.807) is 5.57 Å². The van der Waals surface area contributed by atoms with E-state index in [2.05, 4.69) is 44.2 Å². The number of hydrogen-bond donors (Lipinski definition) is 3. The highest BCUT2D eigenvalue weighted by Crippen LogP contribution is 2.60. The molecule has 1 aromatic carbocycles. The first kappa shape index (κ1) is 26.5. The van der Waals surface area contributed by atoms with Crippen molar-refractivity contribution in [3.63, 3.8) is 0 Å². The van der Waals surface area contributed by atoms with Gasteiger partial charge in [-0.1, -0.05) is 49.3 Å². The maximum absolute atomic E-state index is 10.6. The molecule has 4 fully saturated rings. The number of allylic oxidation sites excluding steroid dienone is 3. The van der Waals surface area contributed by atoms with Crippen LogP contribution < -0.4 is 0 Å². The number of rotatable bonds is 6. The Kier molecular flexibility index (Phi) is 7.30. The van der Waals surface area contributed by atoms with Gasteiger partial charge in [-0.2, -0.15) is 0 Å². The van der Waals surface area contributed by atoms with E-state index in [0.717, 1.165) is 42.9 Å². The number of aliphatic hydroxyl groups is 3. The second kappa shape index (κ2) is 9.91. The molecular weight excluding hydrogens is 464 g/mol. The lowest BCUT2D eigenvalue weighted by Gasteiger charge is -2.44. The number of hydrogen-bond acceptors (Lipinski definition) is 4. The van der Waals surface area contributed by atoms with Crippen LogP contribution in [0.3, 0.4) is 0 Å². The Morgan fingerprint density at radius 1 is 1.08 bits per heavy atom. The van der Waals surface area contributed by atoms with Gasteiger partial charge in [0.2, 0.25) is 0 Å². The second-order valence-corrected chi connectivity index (χ2v) is 14.3. The van der Waals surface area contributed by atoms with Crippen molar-refractivity contribution in [2.75, 3.05) is 5.75 Å². The molecule has 0 aromatic heterocycles. The third-order valence-electron chi connectivity index (χ3n) is 10.4. The molecule has 3 N–H and O–H groups in total. The van der Waals surface area contributed by atoms with Crippen molar-refractivity contribution in [2.45, 2.75) is 108 Å². The molecule has 4 saturated carbocycles. The first-order chi connectivity index (χ1) is 17.0. The molecule has 0 bridgehead atoms. The Balaban J connectivity index is 1.24. The average molecular weight is 511 g/mol. The number of fused-ring (bicyclic) bond motifs is 1. The fourth-order valence-electron chi connectivity index (χ4n) is 7.90. The number of benzene rings is 1. The summed E-state index contributed by atoms with van der Waals surface area (Å²) in [5.74, 6) is 3.15. The van der Waals surface area contributed by atoms with Crippen molar-refractivity contribution >= 4 is 11.8 Å². The highest BCUT2D eigenvalue weighted by atomic mass is 32.2. The van der Waals surface area contributed by atoms with Crippen molar-refractivity contribution < 1.29 is 15.3 Å². The second-order valence-electron chi connectivity index (χ2n) is 13.2. The fourth-order valence-corrected chi connectivity index (χ4v) is 8.98. The predicted molar refractivity (Wildman–Crippen MR) is 149 cm³/mol. The number of thioether (sulfide) groups is 1. The molecule has 3 nitrogen and oxygen atoms in total. The highest BCUT2D eigenvalue weighted by molar-refractivity contribution is 7.99. The van der Waals surface area contributed by atoms with Crippen molar-refractivity contribution in [1.29, 1.82) is 0 Å². The summed E-state index contributed by atoms with van der Waals surface area (Å²) >= 11 is 1.94. The van der Waals surface area contributed by atoms with Crippen LogP contribution in [0.2, 0.25) is 0 Å². The Morgan fingerprint density at radius 2 is 1.81 bits per heavy atom. The normalized spacial score (nSPS) is 35.6. The van der Waals surface area contributed by atoms with Crippen LogP contribution in [0.15, 0.2) is 52.5 Å². The van der Waals surface area contributed by atoms with E-state index in [4.69, 9.17) is 0 Å². The summed E-state index contributed by atoms with van der Waals surface area (Å²) in [6.07, 6.45) is 13.7.